The molecule has 2 aliphatic heterocycles. The van der Waals surface area contributed by atoms with Gasteiger partial charge in [0.05, 0.1) is 0 Å². The minimum absolute atomic E-state index is 0.0462. The van der Waals surface area contributed by atoms with Gasteiger partial charge in [0.15, 0.2) is 0 Å². The van der Waals surface area contributed by atoms with E-state index in [1.165, 1.54) is 4.31 Å². The molecule has 0 aliphatic carbocycles. The van der Waals surface area contributed by atoms with Crippen LogP contribution in [0.5, 0.6) is 5.88 Å². The molecule has 21 heavy (non-hydrogen) atoms. The van der Waals surface area contributed by atoms with Gasteiger partial charge in [-0.2, -0.15) is 17.0 Å². The summed E-state index contributed by atoms with van der Waals surface area (Å²) in [5.41, 5.74) is 0. The van der Waals surface area contributed by atoms with Crippen LogP contribution < -0.4 is 4.74 Å². The molecule has 116 valence electrons. The average Bonchev–Trinajstić information content (AvgIpc) is 2.73. The molecule has 2 atom stereocenters. The van der Waals surface area contributed by atoms with Gasteiger partial charge in [-0.05, 0) is 18.9 Å². The van der Waals surface area contributed by atoms with Gasteiger partial charge >= 0.3 is 0 Å². The molecule has 2 saturated heterocycles. The van der Waals surface area contributed by atoms with E-state index in [0.29, 0.717) is 5.88 Å². The Morgan fingerprint density at radius 2 is 1.90 bits per heavy atom. The van der Waals surface area contributed by atoms with E-state index < -0.39 is 10.2 Å². The maximum Gasteiger partial charge on any atom is 0.281 e. The minimum Gasteiger partial charge on any atom is -0.474 e. The molecule has 1 aromatic rings. The van der Waals surface area contributed by atoms with Crippen molar-refractivity contribution in [3.63, 3.8) is 0 Å². The summed E-state index contributed by atoms with van der Waals surface area (Å²) >= 11 is 0. The van der Waals surface area contributed by atoms with E-state index in [1.54, 1.807) is 24.6 Å². The molecule has 2 unspecified atom stereocenters. The van der Waals surface area contributed by atoms with Crippen LogP contribution in [0.15, 0.2) is 24.4 Å². The van der Waals surface area contributed by atoms with Crippen molar-refractivity contribution in [3.05, 3.63) is 24.4 Å². The van der Waals surface area contributed by atoms with Crippen LogP contribution in [0.4, 0.5) is 0 Å². The first-order chi connectivity index (χ1) is 9.98. The Hall–Kier alpha value is -1.18. The predicted octanol–water partition coefficient (Wildman–Crippen LogP) is 1.26. The van der Waals surface area contributed by atoms with Gasteiger partial charge in [-0.1, -0.05) is 6.07 Å². The van der Waals surface area contributed by atoms with E-state index >= 15 is 0 Å². The van der Waals surface area contributed by atoms with Gasteiger partial charge in [0.25, 0.3) is 10.2 Å². The molecule has 7 heteroatoms. The third kappa shape index (κ3) is 2.77. The zero-order valence-corrected chi connectivity index (χ0v) is 13.2. The number of fused-ring (bicyclic) bond motifs is 2. The summed E-state index contributed by atoms with van der Waals surface area (Å²) in [4.78, 5) is 4.18. The van der Waals surface area contributed by atoms with Crippen LogP contribution in [0.2, 0.25) is 0 Å². The number of aromatic nitrogens is 1. The first-order valence-corrected chi connectivity index (χ1v) is 8.67. The van der Waals surface area contributed by atoms with Gasteiger partial charge in [0.1, 0.15) is 6.10 Å². The van der Waals surface area contributed by atoms with Gasteiger partial charge in [-0.15, -0.1) is 0 Å². The van der Waals surface area contributed by atoms with E-state index in [2.05, 4.69) is 4.98 Å². The van der Waals surface area contributed by atoms with E-state index in [9.17, 15) is 8.42 Å². The number of hydrogen-bond donors (Lipinski definition) is 0. The predicted molar refractivity (Wildman–Crippen MR) is 79.1 cm³/mol. The molecular formula is C14H21N3O3S. The van der Waals surface area contributed by atoms with Crippen LogP contribution in [0.1, 0.15) is 25.7 Å². The number of pyridine rings is 1. The lowest BCUT2D eigenvalue weighted by Gasteiger charge is -2.38. The maximum absolute atomic E-state index is 12.4. The standard InChI is InChI=1S/C14H21N3O3S/c1-16(2)21(18,19)17-11-6-7-12(17)10-13(9-11)20-14-5-3-4-8-15-14/h3-5,8,11-13H,6-7,9-10H2,1-2H3. The van der Waals surface area contributed by atoms with E-state index in [4.69, 9.17) is 4.74 Å². The third-order valence-electron chi connectivity index (χ3n) is 4.28. The molecular weight excluding hydrogens is 290 g/mol. The van der Waals surface area contributed by atoms with Crippen molar-refractivity contribution in [2.45, 2.75) is 43.9 Å². The fourth-order valence-corrected chi connectivity index (χ4v) is 4.85. The second-order valence-electron chi connectivity index (χ2n) is 5.88. The van der Waals surface area contributed by atoms with Gasteiger partial charge in [0, 0.05) is 51.3 Å². The quantitative estimate of drug-likeness (QED) is 0.840. The highest BCUT2D eigenvalue weighted by atomic mass is 32.2. The van der Waals surface area contributed by atoms with Crippen LogP contribution in [-0.4, -0.2) is 54.3 Å². The number of ether oxygens (including phenoxy) is 1. The van der Waals surface area contributed by atoms with E-state index in [1.807, 2.05) is 18.2 Å². The normalized spacial score (nSPS) is 29.8. The zero-order valence-electron chi connectivity index (χ0n) is 12.3. The number of nitrogens with zero attached hydrogens (tertiary/aromatic N) is 3. The lowest BCUT2D eigenvalue weighted by molar-refractivity contribution is 0.0893. The Balaban J connectivity index is 1.72. The second kappa shape index (κ2) is 5.55. The van der Waals surface area contributed by atoms with Crippen molar-refractivity contribution < 1.29 is 13.2 Å². The first kappa shape index (κ1) is 14.7. The Morgan fingerprint density at radius 3 is 2.43 bits per heavy atom. The van der Waals surface area contributed by atoms with Crippen molar-refractivity contribution in [1.82, 2.24) is 13.6 Å². The molecule has 3 rings (SSSR count). The van der Waals surface area contributed by atoms with Gasteiger partial charge in [-0.3, -0.25) is 0 Å². The fraction of sp³-hybridized carbons (Fsp3) is 0.643. The highest BCUT2D eigenvalue weighted by Crippen LogP contribution is 2.39. The lowest BCUT2D eigenvalue weighted by atomic mass is 10.0. The molecule has 6 nitrogen and oxygen atoms in total. The molecule has 0 amide bonds. The summed E-state index contributed by atoms with van der Waals surface area (Å²) < 4.78 is 33.7. The molecule has 2 bridgehead atoms. The Morgan fingerprint density at radius 1 is 1.24 bits per heavy atom. The third-order valence-corrected chi connectivity index (χ3v) is 6.33. The molecule has 2 aliphatic rings. The van der Waals surface area contributed by atoms with Crippen LogP contribution >= 0.6 is 0 Å². The number of rotatable bonds is 4. The monoisotopic (exact) mass is 311 g/mol. The van der Waals surface area contributed by atoms with E-state index in [-0.39, 0.29) is 18.2 Å². The maximum atomic E-state index is 12.4. The first-order valence-electron chi connectivity index (χ1n) is 7.27. The summed E-state index contributed by atoms with van der Waals surface area (Å²) in [6.45, 7) is 0. The molecule has 0 radical (unpaired) electrons. The van der Waals surface area contributed by atoms with Crippen LogP contribution in [0, 0.1) is 0 Å². The summed E-state index contributed by atoms with van der Waals surface area (Å²) in [6, 6.07) is 5.67. The van der Waals surface area contributed by atoms with Crippen molar-refractivity contribution in [1.29, 1.82) is 0 Å². The molecule has 1 aromatic heterocycles. The Bertz CT molecular complexity index is 577. The smallest absolute Gasteiger partial charge is 0.281 e. The lowest BCUT2D eigenvalue weighted by Crippen LogP contribution is -2.52. The summed E-state index contributed by atoms with van der Waals surface area (Å²) in [7, 11) is -0.160. The second-order valence-corrected chi connectivity index (χ2v) is 7.93. The summed E-state index contributed by atoms with van der Waals surface area (Å²) in [5, 5.41) is 0. The molecule has 0 spiro atoms. The molecule has 0 saturated carbocycles. The largest absolute Gasteiger partial charge is 0.474 e. The average molecular weight is 311 g/mol. The zero-order chi connectivity index (χ0) is 15.0. The molecule has 0 aromatic carbocycles. The fourth-order valence-electron chi connectivity index (χ4n) is 3.33. The highest BCUT2D eigenvalue weighted by molar-refractivity contribution is 7.86. The number of hydrogen-bond acceptors (Lipinski definition) is 4. The minimum atomic E-state index is -3.34. The SMILES string of the molecule is CN(C)S(=O)(=O)N1C2CCC1CC(Oc1ccccn1)C2. The summed E-state index contributed by atoms with van der Waals surface area (Å²) in [5.74, 6) is 0.616. The number of piperidine rings is 1. The topological polar surface area (TPSA) is 62.7 Å². The van der Waals surface area contributed by atoms with Gasteiger partial charge < -0.3 is 4.74 Å². The van der Waals surface area contributed by atoms with Crippen molar-refractivity contribution in [2.75, 3.05) is 14.1 Å². The van der Waals surface area contributed by atoms with Crippen molar-refractivity contribution >= 4 is 10.2 Å². The molecule has 0 N–H and O–H groups in total. The molecule has 2 fully saturated rings. The van der Waals surface area contributed by atoms with Crippen LogP contribution in [-0.2, 0) is 10.2 Å². The van der Waals surface area contributed by atoms with E-state index in [0.717, 1.165) is 25.7 Å². The van der Waals surface area contributed by atoms with Crippen molar-refractivity contribution in [2.24, 2.45) is 0 Å². The van der Waals surface area contributed by atoms with Crippen LogP contribution in [0.3, 0.4) is 0 Å². The van der Waals surface area contributed by atoms with Gasteiger partial charge in [-0.25, -0.2) is 4.98 Å². The van der Waals surface area contributed by atoms with Crippen molar-refractivity contribution in [3.8, 4) is 5.88 Å². The summed E-state index contributed by atoms with van der Waals surface area (Å²) in [6.07, 6.45) is 5.06. The molecule has 3 heterocycles. The van der Waals surface area contributed by atoms with Gasteiger partial charge in [0.2, 0.25) is 5.88 Å². The highest BCUT2D eigenvalue weighted by Gasteiger charge is 2.48. The van der Waals surface area contributed by atoms with Crippen LogP contribution in [0.25, 0.3) is 0 Å². The Labute approximate surface area is 125 Å². The Kier molecular flexibility index (Phi) is 3.90.